The molecule has 17 heavy (non-hydrogen) atoms. The normalized spacial score (nSPS) is 18.4. The molecule has 1 aliphatic heterocycles. The van der Waals surface area contributed by atoms with Gasteiger partial charge in [0.05, 0.1) is 23.9 Å². The third kappa shape index (κ3) is 2.87. The Kier molecular flexibility index (Phi) is 3.84. The van der Waals surface area contributed by atoms with E-state index in [0.29, 0.717) is 12.6 Å². The summed E-state index contributed by atoms with van der Waals surface area (Å²) in [5.41, 5.74) is 1.05. The molecule has 0 spiro atoms. The van der Waals surface area contributed by atoms with Crippen LogP contribution in [-0.4, -0.2) is 28.5 Å². The summed E-state index contributed by atoms with van der Waals surface area (Å²) in [5.74, 6) is 0. The highest BCUT2D eigenvalue weighted by Crippen LogP contribution is 2.18. The second kappa shape index (κ2) is 5.19. The van der Waals surface area contributed by atoms with E-state index in [1.165, 1.54) is 0 Å². The van der Waals surface area contributed by atoms with E-state index in [4.69, 9.17) is 4.74 Å². The molecule has 0 bridgehead atoms. The average Bonchev–Trinajstić information content (AvgIpc) is 2.74. The highest BCUT2D eigenvalue weighted by molar-refractivity contribution is 4.99. The Morgan fingerprint density at radius 1 is 1.47 bits per heavy atom. The van der Waals surface area contributed by atoms with Crippen LogP contribution in [-0.2, 0) is 11.3 Å². The monoisotopic (exact) mass is 237 g/mol. The molecule has 1 aliphatic rings. The molecule has 0 saturated carbocycles. The quantitative estimate of drug-likeness (QED) is 0.823. The average molecular weight is 237 g/mol. The Balaban J connectivity index is 1.89. The number of ether oxygens (including phenoxy) is 1. The lowest BCUT2D eigenvalue weighted by Gasteiger charge is -2.38. The maximum Gasteiger partial charge on any atom is 0.0915 e. The Morgan fingerprint density at radius 2 is 2.18 bits per heavy atom. The van der Waals surface area contributed by atoms with E-state index < -0.39 is 0 Å². The largest absolute Gasteiger partial charge is 0.366 e. The number of hydrogen-bond acceptors (Lipinski definition) is 3. The topological polar surface area (TPSA) is 39.1 Å². The van der Waals surface area contributed by atoms with Gasteiger partial charge in [-0.1, -0.05) is 13.8 Å². The summed E-state index contributed by atoms with van der Waals surface area (Å²) >= 11 is 0. The fourth-order valence-electron chi connectivity index (χ4n) is 2.15. The maximum atomic E-state index is 5.87. The van der Waals surface area contributed by atoms with Crippen LogP contribution in [0.25, 0.3) is 0 Å². The number of rotatable bonds is 6. The zero-order chi connectivity index (χ0) is 12.3. The third-order valence-electron chi connectivity index (χ3n) is 3.55. The van der Waals surface area contributed by atoms with Crippen LogP contribution in [0.2, 0.25) is 0 Å². The van der Waals surface area contributed by atoms with Crippen molar-refractivity contribution in [2.45, 2.75) is 51.9 Å². The van der Waals surface area contributed by atoms with Crippen LogP contribution in [0, 0.1) is 0 Å². The summed E-state index contributed by atoms with van der Waals surface area (Å²) in [7, 11) is 0. The molecule has 0 radical (unpaired) electrons. The zero-order valence-corrected chi connectivity index (χ0v) is 11.1. The smallest absolute Gasteiger partial charge is 0.0915 e. The first-order valence-corrected chi connectivity index (χ1v) is 6.55. The van der Waals surface area contributed by atoms with Crippen molar-refractivity contribution in [3.8, 4) is 0 Å². The van der Waals surface area contributed by atoms with Crippen LogP contribution in [0.5, 0.6) is 0 Å². The summed E-state index contributed by atoms with van der Waals surface area (Å²) < 4.78 is 7.94. The molecule has 1 fully saturated rings. The van der Waals surface area contributed by atoms with Gasteiger partial charge in [0.25, 0.3) is 0 Å². The van der Waals surface area contributed by atoms with Crippen molar-refractivity contribution in [3.05, 3.63) is 18.0 Å². The molecule has 0 aliphatic carbocycles. The SMILES string of the molecule is CCC(CC)n1ccc(COC2(C)CNC2)n1. The predicted molar refractivity (Wildman–Crippen MR) is 67.9 cm³/mol. The lowest BCUT2D eigenvalue weighted by molar-refractivity contribution is -0.0779. The van der Waals surface area contributed by atoms with Crippen LogP contribution >= 0.6 is 0 Å². The molecular weight excluding hydrogens is 214 g/mol. The standard InChI is InChI=1S/C13H23N3O/c1-4-12(5-2)16-7-6-11(15-16)8-17-13(3)9-14-10-13/h6-7,12,14H,4-5,8-10H2,1-3H3. The summed E-state index contributed by atoms with van der Waals surface area (Å²) in [5, 5.41) is 7.81. The zero-order valence-electron chi connectivity index (χ0n) is 11.1. The summed E-state index contributed by atoms with van der Waals surface area (Å²) in [6.07, 6.45) is 4.32. The molecule has 0 amide bonds. The molecule has 2 rings (SSSR count). The second-order valence-electron chi connectivity index (χ2n) is 5.10. The summed E-state index contributed by atoms with van der Waals surface area (Å²) in [4.78, 5) is 0. The van der Waals surface area contributed by atoms with Crippen LogP contribution in [0.4, 0.5) is 0 Å². The Hall–Kier alpha value is -0.870. The van der Waals surface area contributed by atoms with E-state index in [1.54, 1.807) is 0 Å². The molecule has 0 unspecified atom stereocenters. The lowest BCUT2D eigenvalue weighted by Crippen LogP contribution is -2.58. The van der Waals surface area contributed by atoms with Crippen molar-refractivity contribution in [3.63, 3.8) is 0 Å². The van der Waals surface area contributed by atoms with Gasteiger partial charge in [0.2, 0.25) is 0 Å². The maximum absolute atomic E-state index is 5.87. The number of aromatic nitrogens is 2. The van der Waals surface area contributed by atoms with Crippen molar-refractivity contribution < 1.29 is 4.74 Å². The Bertz CT molecular complexity index is 353. The van der Waals surface area contributed by atoms with Gasteiger partial charge in [-0.3, -0.25) is 4.68 Å². The first-order chi connectivity index (χ1) is 8.17. The molecule has 1 aromatic heterocycles. The predicted octanol–water partition coefficient (Wildman–Crippen LogP) is 2.12. The van der Waals surface area contributed by atoms with Crippen molar-refractivity contribution in [2.75, 3.05) is 13.1 Å². The second-order valence-corrected chi connectivity index (χ2v) is 5.10. The highest BCUT2D eigenvalue weighted by atomic mass is 16.5. The van der Waals surface area contributed by atoms with E-state index in [2.05, 4.69) is 48.1 Å². The van der Waals surface area contributed by atoms with Crippen molar-refractivity contribution in [2.24, 2.45) is 0 Å². The van der Waals surface area contributed by atoms with E-state index in [0.717, 1.165) is 31.6 Å². The van der Waals surface area contributed by atoms with Gasteiger partial charge in [0, 0.05) is 19.3 Å². The molecule has 1 saturated heterocycles. The van der Waals surface area contributed by atoms with E-state index in [9.17, 15) is 0 Å². The van der Waals surface area contributed by atoms with Gasteiger partial charge in [0.1, 0.15) is 0 Å². The fraction of sp³-hybridized carbons (Fsp3) is 0.769. The molecule has 96 valence electrons. The third-order valence-corrected chi connectivity index (χ3v) is 3.55. The van der Waals surface area contributed by atoms with Crippen molar-refractivity contribution in [1.82, 2.24) is 15.1 Å². The molecule has 4 nitrogen and oxygen atoms in total. The number of hydrogen-bond donors (Lipinski definition) is 1. The molecule has 0 atom stereocenters. The van der Waals surface area contributed by atoms with Gasteiger partial charge < -0.3 is 10.1 Å². The lowest BCUT2D eigenvalue weighted by atomic mass is 10.0. The van der Waals surface area contributed by atoms with Crippen LogP contribution < -0.4 is 5.32 Å². The highest BCUT2D eigenvalue weighted by Gasteiger charge is 2.32. The summed E-state index contributed by atoms with van der Waals surface area (Å²) in [6, 6.07) is 2.58. The Morgan fingerprint density at radius 3 is 2.71 bits per heavy atom. The minimum Gasteiger partial charge on any atom is -0.366 e. The van der Waals surface area contributed by atoms with Gasteiger partial charge in [-0.25, -0.2) is 0 Å². The van der Waals surface area contributed by atoms with Gasteiger partial charge >= 0.3 is 0 Å². The number of nitrogens with zero attached hydrogens (tertiary/aromatic N) is 2. The molecule has 0 aromatic carbocycles. The fourth-order valence-corrected chi connectivity index (χ4v) is 2.15. The van der Waals surface area contributed by atoms with Gasteiger partial charge in [-0.05, 0) is 25.8 Å². The molecule has 2 heterocycles. The van der Waals surface area contributed by atoms with Gasteiger partial charge in [-0.15, -0.1) is 0 Å². The first-order valence-electron chi connectivity index (χ1n) is 6.55. The van der Waals surface area contributed by atoms with E-state index in [-0.39, 0.29) is 5.60 Å². The first kappa shape index (κ1) is 12.6. The van der Waals surface area contributed by atoms with Crippen LogP contribution in [0.3, 0.4) is 0 Å². The minimum absolute atomic E-state index is 0.0126. The van der Waals surface area contributed by atoms with Gasteiger partial charge in [0.15, 0.2) is 0 Å². The number of nitrogens with one attached hydrogen (secondary N) is 1. The minimum atomic E-state index is 0.0126. The van der Waals surface area contributed by atoms with Gasteiger partial charge in [-0.2, -0.15) is 5.10 Å². The molecular formula is C13H23N3O. The molecule has 1 N–H and O–H groups in total. The summed E-state index contributed by atoms with van der Waals surface area (Å²) in [6.45, 7) is 9.05. The van der Waals surface area contributed by atoms with E-state index >= 15 is 0 Å². The Labute approximate surface area is 103 Å². The van der Waals surface area contributed by atoms with Crippen molar-refractivity contribution in [1.29, 1.82) is 0 Å². The molecule has 1 aromatic rings. The van der Waals surface area contributed by atoms with Crippen LogP contribution in [0.1, 0.15) is 45.3 Å². The molecule has 4 heteroatoms. The van der Waals surface area contributed by atoms with E-state index in [1.807, 2.05) is 0 Å². The van der Waals surface area contributed by atoms with Crippen LogP contribution in [0.15, 0.2) is 12.3 Å². The van der Waals surface area contributed by atoms with Crippen molar-refractivity contribution >= 4 is 0 Å².